The fourth-order valence-electron chi connectivity index (χ4n) is 2.96. The summed E-state index contributed by atoms with van der Waals surface area (Å²) in [5, 5.41) is 5.42. The van der Waals surface area contributed by atoms with Gasteiger partial charge in [-0.1, -0.05) is 29.8 Å². The molecule has 0 radical (unpaired) electrons. The van der Waals surface area contributed by atoms with E-state index in [9.17, 15) is 9.59 Å². The lowest BCUT2D eigenvalue weighted by molar-refractivity contribution is -0.909. The Hall–Kier alpha value is -1.88. The van der Waals surface area contributed by atoms with Crippen LogP contribution >= 0.6 is 0 Å². The summed E-state index contributed by atoms with van der Waals surface area (Å²) in [5.74, 6) is -1.09. The highest BCUT2D eigenvalue weighted by Crippen LogP contribution is 2.02. The van der Waals surface area contributed by atoms with Gasteiger partial charge in [0.25, 0.3) is 0 Å². The highest BCUT2D eigenvalue weighted by atomic mass is 16.2. The monoisotopic (exact) mass is 304 g/mol. The van der Waals surface area contributed by atoms with Crippen LogP contribution in [-0.2, 0) is 16.1 Å². The number of rotatable bonds is 5. The first-order valence-electron chi connectivity index (χ1n) is 8.06. The molecule has 1 aliphatic rings. The summed E-state index contributed by atoms with van der Waals surface area (Å²) in [5.41, 5.74) is 2.16. The molecule has 22 heavy (non-hydrogen) atoms. The number of benzene rings is 1. The minimum absolute atomic E-state index is 0.377. The van der Waals surface area contributed by atoms with E-state index < -0.39 is 11.8 Å². The molecule has 1 aliphatic heterocycles. The molecule has 3 N–H and O–H groups in total. The molecule has 0 bridgehead atoms. The topological polar surface area (TPSA) is 62.6 Å². The number of aryl methyl sites for hydroxylation is 1. The van der Waals surface area contributed by atoms with Crippen LogP contribution in [0.4, 0.5) is 0 Å². The van der Waals surface area contributed by atoms with Crippen molar-refractivity contribution in [3.05, 3.63) is 35.4 Å². The third-order valence-corrected chi connectivity index (χ3v) is 4.37. The van der Waals surface area contributed by atoms with Crippen molar-refractivity contribution >= 4 is 11.8 Å². The smallest absolute Gasteiger partial charge is 0.309 e. The lowest BCUT2D eigenvalue weighted by atomic mass is 10.1. The van der Waals surface area contributed by atoms with Crippen LogP contribution in [0.25, 0.3) is 0 Å². The van der Waals surface area contributed by atoms with E-state index in [1.807, 2.05) is 31.2 Å². The van der Waals surface area contributed by atoms with Crippen LogP contribution in [0.5, 0.6) is 0 Å². The Labute approximate surface area is 132 Å². The number of quaternary nitrogens is 1. The first-order valence-corrected chi connectivity index (χ1v) is 8.06. The molecule has 2 amide bonds. The standard InChI is InChI=1S/C17H25N3O2/c1-3-20-10-4-5-15(20)12-19-17(22)16(21)18-11-14-8-6-13(2)7-9-14/h6-9,15H,3-5,10-12H2,1-2H3,(H,18,21)(H,19,22)/p+1/t15-/m1/s1. The molecule has 5 heteroatoms. The Morgan fingerprint density at radius 2 is 1.86 bits per heavy atom. The molecule has 1 aromatic rings. The second-order valence-corrected chi connectivity index (χ2v) is 5.98. The third-order valence-electron chi connectivity index (χ3n) is 4.37. The Morgan fingerprint density at radius 1 is 1.18 bits per heavy atom. The van der Waals surface area contributed by atoms with Crippen molar-refractivity contribution in [1.29, 1.82) is 0 Å². The van der Waals surface area contributed by atoms with Gasteiger partial charge in [0.05, 0.1) is 19.6 Å². The molecule has 1 unspecified atom stereocenters. The summed E-state index contributed by atoms with van der Waals surface area (Å²) in [7, 11) is 0. The van der Waals surface area contributed by atoms with Gasteiger partial charge in [-0.25, -0.2) is 0 Å². The quantitative estimate of drug-likeness (QED) is 0.660. The number of nitrogens with one attached hydrogen (secondary N) is 3. The van der Waals surface area contributed by atoms with Gasteiger partial charge in [0.15, 0.2) is 0 Å². The van der Waals surface area contributed by atoms with Crippen molar-refractivity contribution < 1.29 is 14.5 Å². The SMILES string of the molecule is CC[NH+]1CCC[C@@H]1CNC(=O)C(=O)NCc1ccc(C)cc1. The van der Waals surface area contributed by atoms with Crippen LogP contribution < -0.4 is 15.5 Å². The second-order valence-electron chi connectivity index (χ2n) is 5.98. The molecule has 0 saturated carbocycles. The minimum atomic E-state index is -0.559. The molecule has 5 nitrogen and oxygen atoms in total. The van der Waals surface area contributed by atoms with Crippen molar-refractivity contribution in [2.24, 2.45) is 0 Å². The number of hydrogen-bond acceptors (Lipinski definition) is 2. The summed E-state index contributed by atoms with van der Waals surface area (Å²) in [6.07, 6.45) is 2.32. The van der Waals surface area contributed by atoms with Gasteiger partial charge < -0.3 is 15.5 Å². The second kappa shape index (κ2) is 7.94. The average Bonchev–Trinajstić information content (AvgIpc) is 2.99. The Bertz CT molecular complexity index is 513. The van der Waals surface area contributed by atoms with Crippen LogP contribution in [0.3, 0.4) is 0 Å². The molecular formula is C17H26N3O2+. The highest BCUT2D eigenvalue weighted by molar-refractivity contribution is 6.35. The van der Waals surface area contributed by atoms with Gasteiger partial charge in [-0.2, -0.15) is 0 Å². The van der Waals surface area contributed by atoms with Crippen LogP contribution in [0.15, 0.2) is 24.3 Å². The van der Waals surface area contributed by atoms with E-state index in [1.165, 1.54) is 16.9 Å². The molecule has 1 saturated heterocycles. The number of carbonyl (C=O) groups excluding carboxylic acids is 2. The molecule has 2 atom stereocenters. The van der Waals surface area contributed by atoms with Gasteiger partial charge in [0.2, 0.25) is 0 Å². The van der Waals surface area contributed by atoms with Gasteiger partial charge in [0, 0.05) is 19.4 Å². The summed E-state index contributed by atoms with van der Waals surface area (Å²) in [4.78, 5) is 25.2. The maximum Gasteiger partial charge on any atom is 0.309 e. The molecule has 1 heterocycles. The zero-order valence-electron chi connectivity index (χ0n) is 13.4. The largest absolute Gasteiger partial charge is 0.344 e. The molecule has 0 spiro atoms. The minimum Gasteiger partial charge on any atom is -0.344 e. The van der Waals surface area contributed by atoms with Crippen LogP contribution in [0.2, 0.25) is 0 Å². The van der Waals surface area contributed by atoms with Crippen molar-refractivity contribution in [3.63, 3.8) is 0 Å². The molecular weight excluding hydrogens is 278 g/mol. The first kappa shape index (κ1) is 16.5. The maximum absolute atomic E-state index is 11.8. The van der Waals surface area contributed by atoms with Crippen LogP contribution in [-0.4, -0.2) is 37.5 Å². The van der Waals surface area contributed by atoms with E-state index in [0.717, 1.165) is 25.1 Å². The Balaban J connectivity index is 1.72. The van der Waals surface area contributed by atoms with E-state index in [-0.39, 0.29) is 0 Å². The predicted molar refractivity (Wildman–Crippen MR) is 85.4 cm³/mol. The molecule has 1 aromatic carbocycles. The van der Waals surface area contributed by atoms with Crippen molar-refractivity contribution in [1.82, 2.24) is 10.6 Å². The van der Waals surface area contributed by atoms with Crippen LogP contribution in [0.1, 0.15) is 30.9 Å². The van der Waals surface area contributed by atoms with Crippen LogP contribution in [0, 0.1) is 6.92 Å². The predicted octanol–water partition coefficient (Wildman–Crippen LogP) is -0.205. The van der Waals surface area contributed by atoms with Gasteiger partial charge in [-0.05, 0) is 19.4 Å². The van der Waals surface area contributed by atoms with Crippen molar-refractivity contribution in [3.8, 4) is 0 Å². The summed E-state index contributed by atoms with van der Waals surface area (Å²) >= 11 is 0. The Morgan fingerprint density at radius 3 is 2.55 bits per heavy atom. The maximum atomic E-state index is 11.8. The molecule has 1 fully saturated rings. The lowest BCUT2D eigenvalue weighted by Gasteiger charge is -2.19. The van der Waals surface area contributed by atoms with E-state index >= 15 is 0 Å². The normalized spacial score (nSPS) is 20.6. The van der Waals surface area contributed by atoms with Gasteiger partial charge in [0.1, 0.15) is 6.04 Å². The zero-order chi connectivity index (χ0) is 15.9. The number of carbonyl (C=O) groups is 2. The van der Waals surface area contributed by atoms with E-state index in [1.54, 1.807) is 0 Å². The summed E-state index contributed by atoms with van der Waals surface area (Å²) in [6, 6.07) is 8.33. The number of hydrogen-bond donors (Lipinski definition) is 3. The molecule has 0 aliphatic carbocycles. The number of likely N-dealkylation sites (N-methyl/N-ethyl adjacent to an activating group) is 1. The summed E-state index contributed by atoms with van der Waals surface area (Å²) < 4.78 is 0. The van der Waals surface area contributed by atoms with Crippen molar-refractivity contribution in [2.75, 3.05) is 19.6 Å². The molecule has 0 aromatic heterocycles. The van der Waals surface area contributed by atoms with E-state index in [2.05, 4.69) is 17.6 Å². The average molecular weight is 304 g/mol. The fourth-order valence-corrected chi connectivity index (χ4v) is 2.96. The summed E-state index contributed by atoms with van der Waals surface area (Å²) in [6.45, 7) is 7.36. The number of likely N-dealkylation sites (tertiary alicyclic amines) is 1. The van der Waals surface area contributed by atoms with Crippen molar-refractivity contribution in [2.45, 2.75) is 39.3 Å². The number of amides is 2. The van der Waals surface area contributed by atoms with Gasteiger partial charge in [-0.3, -0.25) is 9.59 Å². The first-order chi connectivity index (χ1) is 10.6. The van der Waals surface area contributed by atoms with Gasteiger partial charge in [-0.15, -0.1) is 0 Å². The molecule has 2 rings (SSSR count). The molecule has 120 valence electrons. The lowest BCUT2D eigenvalue weighted by Crippen LogP contribution is -3.14. The van der Waals surface area contributed by atoms with E-state index in [0.29, 0.717) is 19.1 Å². The Kier molecular flexibility index (Phi) is 5.95. The van der Waals surface area contributed by atoms with E-state index in [4.69, 9.17) is 0 Å². The third kappa shape index (κ3) is 4.56. The highest BCUT2D eigenvalue weighted by Gasteiger charge is 2.27. The fraction of sp³-hybridized carbons (Fsp3) is 0.529. The van der Waals surface area contributed by atoms with Gasteiger partial charge >= 0.3 is 11.8 Å². The zero-order valence-corrected chi connectivity index (χ0v) is 13.4.